The molecule has 0 fully saturated rings. The molecule has 81 valence electrons. The summed E-state index contributed by atoms with van der Waals surface area (Å²) in [7, 11) is 0. The van der Waals surface area contributed by atoms with Crippen LogP contribution in [0.3, 0.4) is 0 Å². The molecule has 2 heteroatoms. The summed E-state index contributed by atoms with van der Waals surface area (Å²) >= 11 is 0. The van der Waals surface area contributed by atoms with Crippen LogP contribution in [0.2, 0.25) is 0 Å². The standard InChI is InChI=1S/C13H21N.Ac/c1-3-7-12(2)10-14-11-13-8-5-4-6-9-13;/h4-6,8-9,12,14H,3,7,10-11H2,1-2H3;. The number of benzene rings is 1. The summed E-state index contributed by atoms with van der Waals surface area (Å²) in [5, 5.41) is 3.49. The molecular formula is C13H21AcN. The number of rotatable bonds is 6. The first-order chi connectivity index (χ1) is 6.83. The molecule has 0 spiro atoms. The summed E-state index contributed by atoms with van der Waals surface area (Å²) in [6.07, 6.45) is 2.61. The molecule has 0 saturated carbocycles. The van der Waals surface area contributed by atoms with E-state index < -0.39 is 0 Å². The molecule has 0 aromatic heterocycles. The van der Waals surface area contributed by atoms with E-state index in [-0.39, 0.29) is 44.1 Å². The van der Waals surface area contributed by atoms with Crippen LogP contribution in [-0.2, 0) is 6.54 Å². The Kier molecular flexibility index (Phi) is 10.2. The number of hydrogen-bond donors (Lipinski definition) is 1. The molecule has 1 aromatic rings. The zero-order chi connectivity index (χ0) is 10.2. The Balaban J connectivity index is 0.00000196. The summed E-state index contributed by atoms with van der Waals surface area (Å²) < 4.78 is 0. The Labute approximate surface area is 130 Å². The van der Waals surface area contributed by atoms with Gasteiger partial charge in [0.25, 0.3) is 0 Å². The van der Waals surface area contributed by atoms with Crippen molar-refractivity contribution < 1.29 is 44.1 Å². The molecule has 1 N–H and O–H groups in total. The minimum absolute atomic E-state index is 0. The maximum atomic E-state index is 3.49. The van der Waals surface area contributed by atoms with Crippen molar-refractivity contribution in [2.24, 2.45) is 5.92 Å². The topological polar surface area (TPSA) is 12.0 Å². The van der Waals surface area contributed by atoms with Crippen molar-refractivity contribution in [3.8, 4) is 0 Å². The van der Waals surface area contributed by atoms with Crippen molar-refractivity contribution in [2.75, 3.05) is 6.54 Å². The molecule has 1 unspecified atom stereocenters. The second kappa shape index (κ2) is 9.82. The first kappa shape index (κ1) is 15.6. The van der Waals surface area contributed by atoms with Crippen molar-refractivity contribution >= 4 is 0 Å². The molecule has 15 heavy (non-hydrogen) atoms. The van der Waals surface area contributed by atoms with E-state index in [4.69, 9.17) is 0 Å². The van der Waals surface area contributed by atoms with Crippen LogP contribution < -0.4 is 5.32 Å². The molecule has 1 radical (unpaired) electrons. The van der Waals surface area contributed by atoms with E-state index in [2.05, 4.69) is 49.5 Å². The third kappa shape index (κ3) is 7.50. The molecule has 0 bridgehead atoms. The minimum atomic E-state index is 0. The van der Waals surface area contributed by atoms with Gasteiger partial charge in [-0.15, -0.1) is 0 Å². The predicted octanol–water partition coefficient (Wildman–Crippen LogP) is 3.21. The molecule has 0 saturated heterocycles. The Morgan fingerprint density at radius 1 is 1.20 bits per heavy atom. The van der Waals surface area contributed by atoms with Crippen LogP contribution in [0.25, 0.3) is 0 Å². The van der Waals surface area contributed by atoms with Crippen molar-refractivity contribution in [2.45, 2.75) is 33.2 Å². The Morgan fingerprint density at radius 2 is 1.87 bits per heavy atom. The van der Waals surface area contributed by atoms with Gasteiger partial charge in [0, 0.05) is 50.6 Å². The maximum absolute atomic E-state index is 3.49. The van der Waals surface area contributed by atoms with Gasteiger partial charge in [0.15, 0.2) is 0 Å². The van der Waals surface area contributed by atoms with E-state index >= 15 is 0 Å². The monoisotopic (exact) mass is 418 g/mol. The van der Waals surface area contributed by atoms with Gasteiger partial charge in [-0.3, -0.25) is 0 Å². The molecule has 0 heterocycles. The zero-order valence-corrected chi connectivity index (χ0v) is 14.6. The van der Waals surface area contributed by atoms with Crippen LogP contribution in [-0.4, -0.2) is 6.54 Å². The number of hydrogen-bond acceptors (Lipinski definition) is 1. The Bertz CT molecular complexity index is 236. The van der Waals surface area contributed by atoms with E-state index in [0.717, 1.165) is 19.0 Å². The molecule has 0 amide bonds. The van der Waals surface area contributed by atoms with Gasteiger partial charge in [-0.1, -0.05) is 50.6 Å². The second-order valence-electron chi connectivity index (χ2n) is 4.01. The molecule has 1 rings (SSSR count). The van der Waals surface area contributed by atoms with Crippen LogP contribution in [0.4, 0.5) is 0 Å². The van der Waals surface area contributed by atoms with Gasteiger partial charge in [0.1, 0.15) is 0 Å². The fourth-order valence-electron chi connectivity index (χ4n) is 1.65. The average Bonchev–Trinajstić information content (AvgIpc) is 2.20. The van der Waals surface area contributed by atoms with Crippen LogP contribution in [0, 0.1) is 50.0 Å². The van der Waals surface area contributed by atoms with Crippen LogP contribution >= 0.6 is 0 Å². The predicted molar refractivity (Wildman–Crippen MR) is 62.2 cm³/mol. The second-order valence-corrected chi connectivity index (χ2v) is 4.01. The first-order valence-corrected chi connectivity index (χ1v) is 5.57. The minimum Gasteiger partial charge on any atom is -0.312 e. The zero-order valence-electron chi connectivity index (χ0n) is 9.87. The largest absolute Gasteiger partial charge is 0.312 e. The summed E-state index contributed by atoms with van der Waals surface area (Å²) in [5.74, 6) is 0.795. The smallest absolute Gasteiger partial charge is 0.0205 e. The van der Waals surface area contributed by atoms with Gasteiger partial charge in [0.05, 0.1) is 0 Å². The summed E-state index contributed by atoms with van der Waals surface area (Å²) in [6, 6.07) is 10.6. The molecular weight excluding hydrogens is 397 g/mol. The fourth-order valence-corrected chi connectivity index (χ4v) is 1.65. The average molecular weight is 418 g/mol. The molecule has 1 atom stereocenters. The van der Waals surface area contributed by atoms with Crippen LogP contribution in [0.15, 0.2) is 30.3 Å². The SMILES string of the molecule is CCCC(C)CNCc1ccccc1.[Ac]. The third-order valence-electron chi connectivity index (χ3n) is 2.45. The van der Waals surface area contributed by atoms with Gasteiger partial charge in [-0.2, -0.15) is 0 Å². The van der Waals surface area contributed by atoms with Gasteiger partial charge < -0.3 is 5.32 Å². The van der Waals surface area contributed by atoms with Gasteiger partial charge in [-0.05, 0) is 24.4 Å². The maximum Gasteiger partial charge on any atom is 0.0205 e. The molecule has 0 aliphatic heterocycles. The Morgan fingerprint density at radius 3 is 2.47 bits per heavy atom. The van der Waals surface area contributed by atoms with E-state index in [0.29, 0.717) is 0 Å². The van der Waals surface area contributed by atoms with Gasteiger partial charge >= 0.3 is 0 Å². The molecule has 0 aliphatic carbocycles. The fraction of sp³-hybridized carbons (Fsp3) is 0.538. The van der Waals surface area contributed by atoms with E-state index in [9.17, 15) is 0 Å². The van der Waals surface area contributed by atoms with E-state index in [1.165, 1.54) is 18.4 Å². The molecule has 0 aliphatic rings. The van der Waals surface area contributed by atoms with Crippen molar-refractivity contribution in [3.63, 3.8) is 0 Å². The van der Waals surface area contributed by atoms with Gasteiger partial charge in [0.2, 0.25) is 0 Å². The quantitative estimate of drug-likeness (QED) is 0.749. The third-order valence-corrected chi connectivity index (χ3v) is 2.45. The van der Waals surface area contributed by atoms with Crippen molar-refractivity contribution in [1.82, 2.24) is 5.32 Å². The Hall–Kier alpha value is 0.622. The first-order valence-electron chi connectivity index (χ1n) is 5.57. The van der Waals surface area contributed by atoms with E-state index in [1.54, 1.807) is 0 Å². The molecule has 1 aromatic carbocycles. The summed E-state index contributed by atoms with van der Waals surface area (Å²) in [5.41, 5.74) is 1.37. The normalized spacial score (nSPS) is 11.9. The molecule has 1 nitrogen and oxygen atoms in total. The number of nitrogens with one attached hydrogen (secondary N) is 1. The van der Waals surface area contributed by atoms with Crippen molar-refractivity contribution in [1.29, 1.82) is 0 Å². The van der Waals surface area contributed by atoms with E-state index in [1.807, 2.05) is 0 Å². The van der Waals surface area contributed by atoms with Crippen LogP contribution in [0.1, 0.15) is 32.3 Å². The van der Waals surface area contributed by atoms with Crippen LogP contribution in [0.5, 0.6) is 0 Å². The van der Waals surface area contributed by atoms with Crippen molar-refractivity contribution in [3.05, 3.63) is 35.9 Å². The summed E-state index contributed by atoms with van der Waals surface area (Å²) in [6.45, 7) is 6.67. The van der Waals surface area contributed by atoms with Gasteiger partial charge in [-0.25, -0.2) is 0 Å². The summed E-state index contributed by atoms with van der Waals surface area (Å²) in [4.78, 5) is 0.